The van der Waals surface area contributed by atoms with Crippen molar-refractivity contribution in [2.24, 2.45) is 5.41 Å². The van der Waals surface area contributed by atoms with Crippen LogP contribution >= 0.6 is 0 Å². The predicted molar refractivity (Wildman–Crippen MR) is 42.2 cm³/mol. The van der Waals surface area contributed by atoms with Crippen LogP contribution in [0, 0.1) is 16.7 Å². The zero-order valence-corrected chi connectivity index (χ0v) is 7.09. The van der Waals surface area contributed by atoms with Crippen molar-refractivity contribution in [2.75, 3.05) is 20.2 Å². The third-order valence-electron chi connectivity index (χ3n) is 2.20. The van der Waals surface area contributed by atoms with Crippen LogP contribution in [0.5, 0.6) is 0 Å². The summed E-state index contributed by atoms with van der Waals surface area (Å²) in [6.45, 7) is 1.39. The molecule has 0 atom stereocenters. The summed E-state index contributed by atoms with van der Waals surface area (Å²) in [6, 6.07) is 2.22. The number of nitrogens with one attached hydrogen (secondary N) is 1. The van der Waals surface area contributed by atoms with Gasteiger partial charge in [-0.3, -0.25) is 4.79 Å². The Balaban J connectivity index is 2.31. The lowest BCUT2D eigenvalue weighted by molar-refractivity contribution is -0.141. The molecule has 1 aliphatic heterocycles. The highest BCUT2D eigenvalue weighted by molar-refractivity contribution is 5.69. The Hall–Kier alpha value is -1.08. The van der Waals surface area contributed by atoms with Crippen LogP contribution < -0.4 is 5.32 Å². The average Bonchev–Trinajstić information content (AvgIpc) is 2.03. The highest BCUT2D eigenvalue weighted by Gasteiger charge is 2.37. The van der Waals surface area contributed by atoms with E-state index >= 15 is 0 Å². The SMILES string of the molecule is COC(=O)CCC1(C#N)CNC1. The summed E-state index contributed by atoms with van der Waals surface area (Å²) in [4.78, 5) is 10.8. The Labute approximate surface area is 71.5 Å². The number of esters is 1. The van der Waals surface area contributed by atoms with E-state index in [0.29, 0.717) is 25.9 Å². The van der Waals surface area contributed by atoms with E-state index in [1.165, 1.54) is 7.11 Å². The summed E-state index contributed by atoms with van der Waals surface area (Å²) >= 11 is 0. The Morgan fingerprint density at radius 3 is 2.75 bits per heavy atom. The maximum Gasteiger partial charge on any atom is 0.305 e. The van der Waals surface area contributed by atoms with Crippen LogP contribution in [0.4, 0.5) is 0 Å². The number of carbonyl (C=O) groups is 1. The van der Waals surface area contributed by atoms with Crippen LogP contribution in [0.2, 0.25) is 0 Å². The van der Waals surface area contributed by atoms with Crippen LogP contribution in [-0.2, 0) is 9.53 Å². The van der Waals surface area contributed by atoms with Crippen molar-refractivity contribution in [3.8, 4) is 6.07 Å². The van der Waals surface area contributed by atoms with E-state index < -0.39 is 0 Å². The van der Waals surface area contributed by atoms with Crippen molar-refractivity contribution in [2.45, 2.75) is 12.8 Å². The lowest BCUT2D eigenvalue weighted by atomic mass is 9.79. The molecule has 0 amide bonds. The number of ether oxygens (including phenoxy) is 1. The molecule has 1 N–H and O–H groups in total. The van der Waals surface area contributed by atoms with Gasteiger partial charge in [-0.05, 0) is 6.42 Å². The molecule has 0 aliphatic carbocycles. The first-order chi connectivity index (χ1) is 5.72. The van der Waals surface area contributed by atoms with Gasteiger partial charge in [0.25, 0.3) is 0 Å². The second kappa shape index (κ2) is 3.55. The van der Waals surface area contributed by atoms with Gasteiger partial charge in [-0.15, -0.1) is 0 Å². The van der Waals surface area contributed by atoms with Crippen LogP contribution in [0.1, 0.15) is 12.8 Å². The summed E-state index contributed by atoms with van der Waals surface area (Å²) in [5, 5.41) is 11.8. The molecule has 12 heavy (non-hydrogen) atoms. The molecule has 1 saturated heterocycles. The van der Waals surface area contributed by atoms with E-state index in [-0.39, 0.29) is 11.4 Å². The summed E-state index contributed by atoms with van der Waals surface area (Å²) in [5.41, 5.74) is -0.311. The number of carbonyl (C=O) groups excluding carboxylic acids is 1. The highest BCUT2D eigenvalue weighted by atomic mass is 16.5. The van der Waals surface area contributed by atoms with Gasteiger partial charge in [0, 0.05) is 19.5 Å². The molecule has 1 heterocycles. The quantitative estimate of drug-likeness (QED) is 0.605. The van der Waals surface area contributed by atoms with Gasteiger partial charge in [0.15, 0.2) is 0 Å². The molecule has 0 saturated carbocycles. The molecule has 0 unspecified atom stereocenters. The van der Waals surface area contributed by atoms with Crippen molar-refractivity contribution in [3.05, 3.63) is 0 Å². The average molecular weight is 168 g/mol. The predicted octanol–water partition coefficient (Wildman–Crippen LogP) is 0.0528. The molecule has 4 heteroatoms. The highest BCUT2D eigenvalue weighted by Crippen LogP contribution is 2.27. The maximum atomic E-state index is 10.8. The first-order valence-corrected chi connectivity index (χ1v) is 3.91. The van der Waals surface area contributed by atoms with E-state index in [2.05, 4.69) is 16.1 Å². The number of hydrogen-bond acceptors (Lipinski definition) is 4. The van der Waals surface area contributed by atoms with Crippen molar-refractivity contribution in [1.82, 2.24) is 5.32 Å². The lowest BCUT2D eigenvalue weighted by Gasteiger charge is -2.35. The topological polar surface area (TPSA) is 62.1 Å². The number of nitriles is 1. The van der Waals surface area contributed by atoms with Gasteiger partial charge in [-0.2, -0.15) is 5.26 Å². The van der Waals surface area contributed by atoms with E-state index in [4.69, 9.17) is 5.26 Å². The Bertz CT molecular complexity index is 216. The normalized spacial score (nSPS) is 19.0. The molecule has 1 aliphatic rings. The van der Waals surface area contributed by atoms with Gasteiger partial charge in [0.05, 0.1) is 18.6 Å². The van der Waals surface area contributed by atoms with Gasteiger partial charge in [0.2, 0.25) is 0 Å². The molecule has 1 fully saturated rings. The minimum atomic E-state index is -0.311. The number of rotatable bonds is 3. The molecule has 0 spiro atoms. The van der Waals surface area contributed by atoms with Crippen molar-refractivity contribution < 1.29 is 9.53 Å². The summed E-state index contributed by atoms with van der Waals surface area (Å²) in [7, 11) is 1.36. The van der Waals surface area contributed by atoms with E-state index in [1.807, 2.05) is 0 Å². The maximum absolute atomic E-state index is 10.8. The van der Waals surface area contributed by atoms with E-state index in [1.54, 1.807) is 0 Å². The number of hydrogen-bond donors (Lipinski definition) is 1. The molecule has 0 aromatic heterocycles. The molecule has 0 aromatic carbocycles. The fraction of sp³-hybridized carbons (Fsp3) is 0.750. The van der Waals surface area contributed by atoms with Gasteiger partial charge in [-0.25, -0.2) is 0 Å². The van der Waals surface area contributed by atoms with E-state index in [9.17, 15) is 4.79 Å². The van der Waals surface area contributed by atoms with Gasteiger partial charge < -0.3 is 10.1 Å². The van der Waals surface area contributed by atoms with Crippen molar-refractivity contribution >= 4 is 5.97 Å². The lowest BCUT2D eigenvalue weighted by Crippen LogP contribution is -2.52. The first kappa shape index (κ1) is 9.01. The smallest absolute Gasteiger partial charge is 0.305 e. The third kappa shape index (κ3) is 1.74. The van der Waals surface area contributed by atoms with Gasteiger partial charge >= 0.3 is 5.97 Å². The number of nitrogens with zero attached hydrogens (tertiary/aromatic N) is 1. The fourth-order valence-electron chi connectivity index (χ4n) is 1.18. The first-order valence-electron chi connectivity index (χ1n) is 3.91. The third-order valence-corrected chi connectivity index (χ3v) is 2.20. The molecular weight excluding hydrogens is 156 g/mol. The zero-order chi connectivity index (χ0) is 9.03. The molecule has 1 rings (SSSR count). The Kier molecular flexibility index (Phi) is 2.66. The zero-order valence-electron chi connectivity index (χ0n) is 7.09. The second-order valence-corrected chi connectivity index (χ2v) is 3.07. The Morgan fingerprint density at radius 2 is 2.42 bits per heavy atom. The monoisotopic (exact) mass is 168 g/mol. The minimum absolute atomic E-state index is 0.239. The molecule has 4 nitrogen and oxygen atoms in total. The summed E-state index contributed by atoms with van der Waals surface area (Å²) in [6.07, 6.45) is 0.939. The summed E-state index contributed by atoms with van der Waals surface area (Å²) < 4.78 is 4.49. The van der Waals surface area contributed by atoms with Crippen molar-refractivity contribution in [1.29, 1.82) is 5.26 Å². The molecule has 0 aromatic rings. The van der Waals surface area contributed by atoms with Gasteiger partial charge in [-0.1, -0.05) is 0 Å². The van der Waals surface area contributed by atoms with E-state index in [0.717, 1.165) is 0 Å². The fourth-order valence-corrected chi connectivity index (χ4v) is 1.18. The largest absolute Gasteiger partial charge is 0.469 e. The molecule has 66 valence electrons. The minimum Gasteiger partial charge on any atom is -0.469 e. The van der Waals surface area contributed by atoms with Crippen LogP contribution in [0.25, 0.3) is 0 Å². The van der Waals surface area contributed by atoms with Crippen LogP contribution in [0.15, 0.2) is 0 Å². The van der Waals surface area contributed by atoms with Gasteiger partial charge in [0.1, 0.15) is 0 Å². The van der Waals surface area contributed by atoms with Crippen molar-refractivity contribution in [3.63, 3.8) is 0 Å². The van der Waals surface area contributed by atoms with Crippen LogP contribution in [-0.4, -0.2) is 26.2 Å². The van der Waals surface area contributed by atoms with Crippen LogP contribution in [0.3, 0.4) is 0 Å². The summed E-state index contributed by atoms with van der Waals surface area (Å²) in [5.74, 6) is -0.239. The second-order valence-electron chi connectivity index (χ2n) is 3.07. The molecule has 0 radical (unpaired) electrons. The molecule has 0 bridgehead atoms. The molecular formula is C8H12N2O2. The number of methoxy groups -OCH3 is 1. The Morgan fingerprint density at radius 1 is 1.75 bits per heavy atom. The standard InChI is InChI=1S/C8H12N2O2/c1-12-7(11)2-3-8(4-9)5-10-6-8/h10H,2-3,5-6H2,1H3.